The summed E-state index contributed by atoms with van der Waals surface area (Å²) in [4.78, 5) is 18.4. The highest BCUT2D eigenvalue weighted by Gasteiger charge is 2.01. The number of hydrogen-bond acceptors (Lipinski definition) is 3. The van der Waals surface area contributed by atoms with E-state index in [1.54, 1.807) is 24.4 Å². The zero-order valence-corrected chi connectivity index (χ0v) is 8.57. The van der Waals surface area contributed by atoms with Crippen LogP contribution in [0.1, 0.15) is 5.56 Å². The molecule has 0 aliphatic heterocycles. The van der Waals surface area contributed by atoms with Gasteiger partial charge in [0.1, 0.15) is 6.33 Å². The van der Waals surface area contributed by atoms with Gasteiger partial charge in [-0.15, -0.1) is 12.4 Å². The van der Waals surface area contributed by atoms with Crippen LogP contribution in [0.3, 0.4) is 0 Å². The van der Waals surface area contributed by atoms with Crippen molar-refractivity contribution in [2.24, 2.45) is 0 Å². The van der Waals surface area contributed by atoms with Gasteiger partial charge in [0.2, 0.25) is 0 Å². The minimum Gasteiger partial charge on any atom is -0.481 e. The molecule has 78 valence electrons. The Balaban J connectivity index is 0.00000112. The van der Waals surface area contributed by atoms with Crippen molar-refractivity contribution >= 4 is 29.3 Å². The number of carboxylic acid groups (broad SMARTS) is 1. The zero-order chi connectivity index (χ0) is 9.97. The Morgan fingerprint density at radius 2 is 2.20 bits per heavy atom. The maximum Gasteiger partial charge on any atom is 0.307 e. The molecule has 0 saturated heterocycles. The van der Waals surface area contributed by atoms with Crippen molar-refractivity contribution in [2.75, 3.05) is 0 Å². The van der Waals surface area contributed by atoms with Crippen LogP contribution in [-0.2, 0) is 11.2 Å². The van der Waals surface area contributed by atoms with E-state index in [1.165, 1.54) is 6.33 Å². The van der Waals surface area contributed by atoms with Gasteiger partial charge in [0.15, 0.2) is 0 Å². The van der Waals surface area contributed by atoms with Crippen LogP contribution in [0.4, 0.5) is 0 Å². The summed E-state index contributed by atoms with van der Waals surface area (Å²) in [7, 11) is 0. The Morgan fingerprint density at radius 1 is 1.40 bits per heavy atom. The minimum absolute atomic E-state index is 0. The first-order valence-corrected chi connectivity index (χ1v) is 4.16. The summed E-state index contributed by atoms with van der Waals surface area (Å²) in [5, 5.41) is 9.47. The maximum absolute atomic E-state index is 10.5. The Bertz CT molecular complexity index is 488. The summed E-state index contributed by atoms with van der Waals surface area (Å²) in [5.41, 5.74) is 1.59. The second-order valence-electron chi connectivity index (χ2n) is 2.99. The molecule has 0 aliphatic rings. The molecule has 1 heterocycles. The molecule has 1 N–H and O–H groups in total. The van der Waals surface area contributed by atoms with E-state index in [4.69, 9.17) is 5.11 Å². The average molecular weight is 225 g/mol. The van der Waals surface area contributed by atoms with Gasteiger partial charge >= 0.3 is 5.97 Å². The number of hydrogen-bond donors (Lipinski definition) is 1. The molecular formula is C10H9ClN2O2. The van der Waals surface area contributed by atoms with E-state index >= 15 is 0 Å². The number of benzene rings is 1. The standard InChI is InChI=1S/C10H8N2O2.ClH/c13-10(14)4-7-1-2-9-8(3-7)5-11-6-12-9;/h1-3,5-6H,4H2,(H,13,14);1H. The summed E-state index contributed by atoms with van der Waals surface area (Å²) >= 11 is 0. The van der Waals surface area contributed by atoms with E-state index in [0.717, 1.165) is 16.5 Å². The molecule has 15 heavy (non-hydrogen) atoms. The highest BCUT2D eigenvalue weighted by Crippen LogP contribution is 2.12. The first kappa shape index (κ1) is 11.4. The predicted molar refractivity (Wildman–Crippen MR) is 58.1 cm³/mol. The highest BCUT2D eigenvalue weighted by atomic mass is 35.5. The number of fused-ring (bicyclic) bond motifs is 1. The summed E-state index contributed by atoms with van der Waals surface area (Å²) in [5.74, 6) is -0.832. The average Bonchev–Trinajstić information content (AvgIpc) is 2.17. The largest absolute Gasteiger partial charge is 0.481 e. The highest BCUT2D eigenvalue weighted by molar-refractivity contribution is 5.85. The van der Waals surface area contributed by atoms with Crippen molar-refractivity contribution in [1.29, 1.82) is 0 Å². The van der Waals surface area contributed by atoms with Gasteiger partial charge in [0.25, 0.3) is 0 Å². The minimum atomic E-state index is -0.832. The Hall–Kier alpha value is -1.68. The second-order valence-corrected chi connectivity index (χ2v) is 2.99. The number of carboxylic acids is 1. The van der Waals surface area contributed by atoms with Gasteiger partial charge in [-0.2, -0.15) is 0 Å². The molecule has 5 heteroatoms. The molecule has 0 atom stereocenters. The molecule has 0 bridgehead atoms. The first-order chi connectivity index (χ1) is 6.75. The molecule has 1 aromatic heterocycles. The van der Waals surface area contributed by atoms with Crippen molar-refractivity contribution in [3.05, 3.63) is 36.3 Å². The topological polar surface area (TPSA) is 63.1 Å². The van der Waals surface area contributed by atoms with Crippen molar-refractivity contribution in [2.45, 2.75) is 6.42 Å². The van der Waals surface area contributed by atoms with E-state index in [9.17, 15) is 4.79 Å². The monoisotopic (exact) mass is 224 g/mol. The molecular weight excluding hydrogens is 216 g/mol. The molecule has 2 aromatic rings. The molecule has 0 unspecified atom stereocenters. The van der Waals surface area contributed by atoms with Crippen LogP contribution in [0.15, 0.2) is 30.7 Å². The first-order valence-electron chi connectivity index (χ1n) is 4.16. The van der Waals surface area contributed by atoms with Crippen LogP contribution in [0.2, 0.25) is 0 Å². The predicted octanol–water partition coefficient (Wildman–Crippen LogP) is 1.68. The Labute approximate surface area is 92.4 Å². The van der Waals surface area contributed by atoms with E-state index in [0.29, 0.717) is 0 Å². The van der Waals surface area contributed by atoms with Gasteiger partial charge in [-0.1, -0.05) is 6.07 Å². The summed E-state index contributed by atoms with van der Waals surface area (Å²) in [6.45, 7) is 0. The number of rotatable bonds is 2. The number of carbonyl (C=O) groups is 1. The molecule has 2 rings (SSSR count). The Morgan fingerprint density at radius 3 is 2.93 bits per heavy atom. The molecule has 0 fully saturated rings. The fourth-order valence-electron chi connectivity index (χ4n) is 1.32. The number of aromatic nitrogens is 2. The SMILES string of the molecule is Cl.O=C(O)Cc1ccc2ncncc2c1. The van der Waals surface area contributed by atoms with Crippen LogP contribution >= 0.6 is 12.4 Å². The van der Waals surface area contributed by atoms with Crippen LogP contribution < -0.4 is 0 Å². The number of aliphatic carboxylic acids is 1. The quantitative estimate of drug-likeness (QED) is 0.843. The van der Waals surface area contributed by atoms with Crippen LogP contribution in [0.5, 0.6) is 0 Å². The molecule has 0 amide bonds. The molecule has 4 nitrogen and oxygen atoms in total. The molecule has 0 saturated carbocycles. The lowest BCUT2D eigenvalue weighted by Crippen LogP contribution is -1.99. The van der Waals surface area contributed by atoms with Gasteiger partial charge in [0.05, 0.1) is 11.9 Å². The van der Waals surface area contributed by atoms with Gasteiger partial charge < -0.3 is 5.11 Å². The van der Waals surface area contributed by atoms with Crippen molar-refractivity contribution in [3.63, 3.8) is 0 Å². The zero-order valence-electron chi connectivity index (χ0n) is 7.75. The van der Waals surface area contributed by atoms with E-state index in [-0.39, 0.29) is 18.8 Å². The fraction of sp³-hybridized carbons (Fsp3) is 0.100. The lowest BCUT2D eigenvalue weighted by Gasteiger charge is -1.99. The van der Waals surface area contributed by atoms with Gasteiger partial charge in [-0.3, -0.25) is 4.79 Å². The van der Waals surface area contributed by atoms with Gasteiger partial charge in [-0.05, 0) is 17.7 Å². The lowest BCUT2D eigenvalue weighted by atomic mass is 10.1. The van der Waals surface area contributed by atoms with Gasteiger partial charge in [0, 0.05) is 11.6 Å². The van der Waals surface area contributed by atoms with Crippen molar-refractivity contribution < 1.29 is 9.90 Å². The maximum atomic E-state index is 10.5. The summed E-state index contributed by atoms with van der Waals surface area (Å²) in [6.07, 6.45) is 3.18. The third-order valence-electron chi connectivity index (χ3n) is 1.92. The molecule has 0 aliphatic carbocycles. The van der Waals surface area contributed by atoms with E-state index < -0.39 is 5.97 Å². The fourth-order valence-corrected chi connectivity index (χ4v) is 1.32. The smallest absolute Gasteiger partial charge is 0.307 e. The summed E-state index contributed by atoms with van der Waals surface area (Å²) < 4.78 is 0. The normalized spacial score (nSPS) is 9.60. The van der Waals surface area contributed by atoms with Gasteiger partial charge in [-0.25, -0.2) is 9.97 Å². The van der Waals surface area contributed by atoms with Crippen LogP contribution in [-0.4, -0.2) is 21.0 Å². The van der Waals surface area contributed by atoms with Crippen LogP contribution in [0, 0.1) is 0 Å². The number of nitrogens with zero attached hydrogens (tertiary/aromatic N) is 2. The van der Waals surface area contributed by atoms with Crippen LogP contribution in [0.25, 0.3) is 10.9 Å². The molecule has 0 spiro atoms. The Kier molecular flexibility index (Phi) is 3.57. The molecule has 1 aromatic carbocycles. The summed E-state index contributed by atoms with van der Waals surface area (Å²) in [6, 6.07) is 5.36. The lowest BCUT2D eigenvalue weighted by molar-refractivity contribution is -0.136. The number of halogens is 1. The van der Waals surface area contributed by atoms with Crippen molar-refractivity contribution in [1.82, 2.24) is 9.97 Å². The van der Waals surface area contributed by atoms with Crippen molar-refractivity contribution in [3.8, 4) is 0 Å². The molecule has 0 radical (unpaired) electrons. The van der Waals surface area contributed by atoms with E-state index in [2.05, 4.69) is 9.97 Å². The second kappa shape index (κ2) is 4.70. The third kappa shape index (κ3) is 2.63. The third-order valence-corrected chi connectivity index (χ3v) is 1.92. The van der Waals surface area contributed by atoms with E-state index in [1.807, 2.05) is 0 Å².